The van der Waals surface area contributed by atoms with Gasteiger partial charge in [-0.15, -0.1) is 0 Å². The molecule has 0 aromatic heterocycles. The standard InChI is InChI=1S/C14H22O2/c1-5-14(3,4)16-11(2)13(15)12-9-7-6-8-10-12/h6-11,13,15H,5H2,1-4H3. The van der Waals surface area contributed by atoms with Crippen LogP contribution in [0.1, 0.15) is 45.8 Å². The molecule has 2 atom stereocenters. The van der Waals surface area contributed by atoms with Crippen LogP contribution in [0.2, 0.25) is 0 Å². The molecule has 16 heavy (non-hydrogen) atoms. The van der Waals surface area contributed by atoms with Crippen molar-refractivity contribution in [2.75, 3.05) is 0 Å². The van der Waals surface area contributed by atoms with Crippen LogP contribution in [0, 0.1) is 0 Å². The van der Waals surface area contributed by atoms with Crippen molar-refractivity contribution in [3.63, 3.8) is 0 Å². The minimum atomic E-state index is -0.563. The summed E-state index contributed by atoms with van der Waals surface area (Å²) >= 11 is 0. The van der Waals surface area contributed by atoms with Crippen molar-refractivity contribution in [3.8, 4) is 0 Å². The number of aliphatic hydroxyl groups is 1. The van der Waals surface area contributed by atoms with Gasteiger partial charge in [-0.25, -0.2) is 0 Å². The largest absolute Gasteiger partial charge is 0.386 e. The Morgan fingerprint density at radius 3 is 2.31 bits per heavy atom. The summed E-state index contributed by atoms with van der Waals surface area (Å²) in [6.45, 7) is 8.08. The van der Waals surface area contributed by atoms with Gasteiger partial charge in [0.25, 0.3) is 0 Å². The lowest BCUT2D eigenvalue weighted by Crippen LogP contribution is -2.31. The van der Waals surface area contributed by atoms with Gasteiger partial charge >= 0.3 is 0 Å². The van der Waals surface area contributed by atoms with Gasteiger partial charge in [0, 0.05) is 0 Å². The van der Waals surface area contributed by atoms with Crippen molar-refractivity contribution in [2.45, 2.75) is 51.9 Å². The maximum Gasteiger partial charge on any atom is 0.105 e. The molecule has 0 heterocycles. The normalized spacial score (nSPS) is 15.8. The second-order valence-corrected chi connectivity index (χ2v) is 4.79. The summed E-state index contributed by atoms with van der Waals surface area (Å²) in [5.74, 6) is 0. The molecule has 0 spiro atoms. The fourth-order valence-electron chi connectivity index (χ4n) is 1.57. The first-order valence-corrected chi connectivity index (χ1v) is 5.87. The number of benzene rings is 1. The van der Waals surface area contributed by atoms with E-state index < -0.39 is 6.10 Å². The summed E-state index contributed by atoms with van der Waals surface area (Å²) in [6.07, 6.45) is 0.170. The zero-order valence-corrected chi connectivity index (χ0v) is 10.6. The van der Waals surface area contributed by atoms with Crippen molar-refractivity contribution in [1.82, 2.24) is 0 Å². The Kier molecular flexibility index (Phi) is 4.51. The first kappa shape index (κ1) is 13.2. The van der Waals surface area contributed by atoms with Gasteiger partial charge in [0.05, 0.1) is 11.7 Å². The molecule has 2 heteroatoms. The zero-order valence-electron chi connectivity index (χ0n) is 10.6. The fraction of sp³-hybridized carbons (Fsp3) is 0.571. The monoisotopic (exact) mass is 222 g/mol. The fourth-order valence-corrected chi connectivity index (χ4v) is 1.57. The molecule has 0 amide bonds. The van der Waals surface area contributed by atoms with Crippen molar-refractivity contribution in [2.24, 2.45) is 0 Å². The van der Waals surface area contributed by atoms with Crippen LogP contribution in [0.5, 0.6) is 0 Å². The predicted molar refractivity (Wildman–Crippen MR) is 66.3 cm³/mol. The van der Waals surface area contributed by atoms with E-state index in [9.17, 15) is 5.11 Å². The van der Waals surface area contributed by atoms with Gasteiger partial charge in [-0.2, -0.15) is 0 Å². The van der Waals surface area contributed by atoms with Gasteiger partial charge in [0.2, 0.25) is 0 Å². The predicted octanol–water partition coefficient (Wildman–Crippen LogP) is 3.31. The number of hydrogen-bond donors (Lipinski definition) is 1. The summed E-state index contributed by atoms with van der Waals surface area (Å²) in [6, 6.07) is 9.64. The number of hydrogen-bond acceptors (Lipinski definition) is 2. The highest BCUT2D eigenvalue weighted by molar-refractivity contribution is 5.18. The lowest BCUT2D eigenvalue weighted by atomic mass is 10.0. The topological polar surface area (TPSA) is 29.5 Å². The summed E-state index contributed by atoms with van der Waals surface area (Å²) in [7, 11) is 0. The van der Waals surface area contributed by atoms with Gasteiger partial charge in [-0.05, 0) is 32.8 Å². The first-order chi connectivity index (χ1) is 7.46. The van der Waals surface area contributed by atoms with E-state index in [4.69, 9.17) is 4.74 Å². The molecule has 0 bridgehead atoms. The van der Waals surface area contributed by atoms with E-state index in [1.807, 2.05) is 51.1 Å². The van der Waals surface area contributed by atoms with E-state index in [0.717, 1.165) is 12.0 Å². The smallest absolute Gasteiger partial charge is 0.105 e. The number of aliphatic hydroxyl groups excluding tert-OH is 1. The van der Waals surface area contributed by atoms with Gasteiger partial charge in [-0.1, -0.05) is 37.3 Å². The zero-order chi connectivity index (χ0) is 12.2. The van der Waals surface area contributed by atoms with E-state index in [1.54, 1.807) is 0 Å². The highest BCUT2D eigenvalue weighted by Crippen LogP contribution is 2.24. The maximum absolute atomic E-state index is 10.1. The van der Waals surface area contributed by atoms with Crippen LogP contribution < -0.4 is 0 Å². The second kappa shape index (κ2) is 5.46. The quantitative estimate of drug-likeness (QED) is 0.828. The molecule has 2 nitrogen and oxygen atoms in total. The van der Waals surface area contributed by atoms with Crippen LogP contribution >= 0.6 is 0 Å². The van der Waals surface area contributed by atoms with Crippen LogP contribution in [-0.4, -0.2) is 16.8 Å². The van der Waals surface area contributed by atoms with Crippen LogP contribution in [0.4, 0.5) is 0 Å². The highest BCUT2D eigenvalue weighted by atomic mass is 16.5. The molecule has 1 aromatic carbocycles. The minimum Gasteiger partial charge on any atom is -0.386 e. The molecule has 0 aliphatic rings. The van der Waals surface area contributed by atoms with E-state index >= 15 is 0 Å². The van der Waals surface area contributed by atoms with E-state index in [0.29, 0.717) is 0 Å². The van der Waals surface area contributed by atoms with Gasteiger partial charge in [0.15, 0.2) is 0 Å². The Morgan fingerprint density at radius 1 is 1.25 bits per heavy atom. The molecule has 0 aliphatic heterocycles. The lowest BCUT2D eigenvalue weighted by molar-refractivity contribution is -0.113. The van der Waals surface area contributed by atoms with Crippen LogP contribution in [0.3, 0.4) is 0 Å². The minimum absolute atomic E-state index is 0.185. The SMILES string of the molecule is CCC(C)(C)OC(C)C(O)c1ccccc1. The van der Waals surface area contributed by atoms with Crippen molar-refractivity contribution >= 4 is 0 Å². The third-order valence-electron chi connectivity index (χ3n) is 2.94. The van der Waals surface area contributed by atoms with Gasteiger partial charge in [-0.3, -0.25) is 0 Å². The average Bonchev–Trinajstić information content (AvgIpc) is 2.28. The summed E-state index contributed by atoms with van der Waals surface area (Å²) in [5, 5.41) is 10.1. The summed E-state index contributed by atoms with van der Waals surface area (Å²) in [5.41, 5.74) is 0.719. The number of ether oxygens (including phenoxy) is 1. The van der Waals surface area contributed by atoms with E-state index in [-0.39, 0.29) is 11.7 Å². The average molecular weight is 222 g/mol. The van der Waals surface area contributed by atoms with Crippen molar-refractivity contribution in [3.05, 3.63) is 35.9 Å². The molecule has 0 aliphatic carbocycles. The van der Waals surface area contributed by atoms with Crippen LogP contribution in [-0.2, 0) is 4.74 Å². The van der Waals surface area contributed by atoms with Gasteiger partial charge < -0.3 is 9.84 Å². The molecule has 1 aromatic rings. The molecule has 2 unspecified atom stereocenters. The number of rotatable bonds is 5. The third-order valence-corrected chi connectivity index (χ3v) is 2.94. The summed E-state index contributed by atoms with van der Waals surface area (Å²) < 4.78 is 5.85. The molecule has 0 saturated heterocycles. The Morgan fingerprint density at radius 2 is 1.81 bits per heavy atom. The lowest BCUT2D eigenvalue weighted by Gasteiger charge is -2.30. The van der Waals surface area contributed by atoms with Crippen LogP contribution in [0.25, 0.3) is 0 Å². The third kappa shape index (κ3) is 3.62. The molecule has 1 rings (SSSR count). The molecular formula is C14H22O2. The molecular weight excluding hydrogens is 200 g/mol. The molecule has 0 saturated carbocycles. The molecule has 0 fully saturated rings. The summed E-state index contributed by atoms with van der Waals surface area (Å²) in [4.78, 5) is 0. The molecule has 1 N–H and O–H groups in total. The Balaban J connectivity index is 2.65. The highest BCUT2D eigenvalue weighted by Gasteiger charge is 2.24. The molecule has 90 valence electrons. The maximum atomic E-state index is 10.1. The Labute approximate surface area is 98.3 Å². The Hall–Kier alpha value is -0.860. The molecule has 0 radical (unpaired) electrons. The van der Waals surface area contributed by atoms with Crippen molar-refractivity contribution < 1.29 is 9.84 Å². The van der Waals surface area contributed by atoms with Gasteiger partial charge in [0.1, 0.15) is 6.10 Å². The van der Waals surface area contributed by atoms with E-state index in [2.05, 4.69) is 6.92 Å². The Bertz CT molecular complexity index is 306. The second-order valence-electron chi connectivity index (χ2n) is 4.79. The first-order valence-electron chi connectivity index (χ1n) is 5.87. The van der Waals surface area contributed by atoms with Crippen LogP contribution in [0.15, 0.2) is 30.3 Å². The van der Waals surface area contributed by atoms with Crippen molar-refractivity contribution in [1.29, 1.82) is 0 Å². The van der Waals surface area contributed by atoms with E-state index in [1.165, 1.54) is 0 Å².